The topological polar surface area (TPSA) is 46.2 Å². The molecule has 3 nitrogen and oxygen atoms in total. The minimum absolute atomic E-state index is 0.340. The first kappa shape index (κ1) is 15.2. The van der Waals surface area contributed by atoms with Gasteiger partial charge in [0, 0.05) is 12.2 Å². The Labute approximate surface area is 118 Å². The molecule has 1 aliphatic rings. The van der Waals surface area contributed by atoms with Crippen molar-refractivity contribution < 1.29 is 17.2 Å². The highest BCUT2D eigenvalue weighted by molar-refractivity contribution is 7.91. The molecule has 2 unspecified atom stereocenters. The van der Waals surface area contributed by atoms with Crippen LogP contribution in [0.25, 0.3) is 0 Å². The third-order valence-corrected chi connectivity index (χ3v) is 5.42. The number of rotatable bonds is 5. The maximum absolute atomic E-state index is 12.4. The van der Waals surface area contributed by atoms with E-state index in [4.69, 9.17) is 0 Å². The third-order valence-electron chi connectivity index (χ3n) is 4.02. The number of nitrogens with one attached hydrogen (secondary N) is 1. The van der Waals surface area contributed by atoms with E-state index in [-0.39, 0.29) is 4.90 Å². The summed E-state index contributed by atoms with van der Waals surface area (Å²) in [7, 11) is -4.49. The molecular weight excluding hydrogens is 284 g/mol. The van der Waals surface area contributed by atoms with Gasteiger partial charge in [-0.2, -0.15) is 8.78 Å². The Morgan fingerprint density at radius 3 is 2.40 bits per heavy atom. The van der Waals surface area contributed by atoms with Gasteiger partial charge in [-0.1, -0.05) is 19.8 Å². The summed E-state index contributed by atoms with van der Waals surface area (Å²) in [6, 6.07) is 5.52. The van der Waals surface area contributed by atoms with Crippen LogP contribution in [0.4, 0.5) is 14.5 Å². The van der Waals surface area contributed by atoms with Crippen LogP contribution >= 0.6 is 0 Å². The minimum Gasteiger partial charge on any atom is -0.385 e. The van der Waals surface area contributed by atoms with E-state index in [9.17, 15) is 17.2 Å². The molecule has 2 atom stereocenters. The van der Waals surface area contributed by atoms with Crippen molar-refractivity contribution in [2.75, 3.05) is 11.9 Å². The van der Waals surface area contributed by atoms with Crippen molar-refractivity contribution in [2.45, 2.75) is 36.8 Å². The molecule has 1 aromatic rings. The highest BCUT2D eigenvalue weighted by Crippen LogP contribution is 2.31. The number of alkyl halides is 2. The SMILES string of the molecule is CC1CCCC1CNc1ccc(S(=O)(=O)C(F)F)cc1. The predicted octanol–water partition coefficient (Wildman–Crippen LogP) is 3.53. The molecule has 0 saturated heterocycles. The summed E-state index contributed by atoms with van der Waals surface area (Å²) in [6.45, 7) is 3.07. The molecule has 0 aromatic heterocycles. The molecule has 1 aliphatic carbocycles. The zero-order chi connectivity index (χ0) is 14.8. The highest BCUT2D eigenvalue weighted by atomic mass is 32.2. The van der Waals surface area contributed by atoms with Crippen molar-refractivity contribution in [3.63, 3.8) is 0 Å². The molecule has 6 heteroatoms. The van der Waals surface area contributed by atoms with Crippen LogP contribution in [0.5, 0.6) is 0 Å². The van der Waals surface area contributed by atoms with Gasteiger partial charge in [0.2, 0.25) is 9.84 Å². The summed E-state index contributed by atoms with van der Waals surface area (Å²) in [5.74, 6) is -2.05. The van der Waals surface area contributed by atoms with Gasteiger partial charge in [0.1, 0.15) is 0 Å². The normalized spacial score (nSPS) is 23.2. The van der Waals surface area contributed by atoms with Gasteiger partial charge >= 0.3 is 5.76 Å². The Morgan fingerprint density at radius 1 is 1.25 bits per heavy atom. The fourth-order valence-electron chi connectivity index (χ4n) is 2.64. The molecule has 20 heavy (non-hydrogen) atoms. The largest absolute Gasteiger partial charge is 0.385 e. The van der Waals surface area contributed by atoms with Gasteiger partial charge in [-0.15, -0.1) is 0 Å². The quantitative estimate of drug-likeness (QED) is 0.905. The van der Waals surface area contributed by atoms with E-state index in [1.807, 2.05) is 0 Å². The summed E-state index contributed by atoms with van der Waals surface area (Å²) in [5.41, 5.74) is 0.761. The lowest BCUT2D eigenvalue weighted by Crippen LogP contribution is -2.16. The van der Waals surface area contributed by atoms with Crippen molar-refractivity contribution in [3.05, 3.63) is 24.3 Å². The zero-order valence-corrected chi connectivity index (χ0v) is 12.2. The summed E-state index contributed by atoms with van der Waals surface area (Å²) in [6.07, 6.45) is 3.70. The minimum atomic E-state index is -4.49. The molecule has 0 radical (unpaired) electrons. The molecule has 0 bridgehead atoms. The van der Waals surface area contributed by atoms with Crippen LogP contribution in [0.15, 0.2) is 29.2 Å². The van der Waals surface area contributed by atoms with Gasteiger partial charge in [-0.05, 0) is 42.5 Å². The fraction of sp³-hybridized carbons (Fsp3) is 0.571. The van der Waals surface area contributed by atoms with E-state index in [1.54, 1.807) is 0 Å². The van der Waals surface area contributed by atoms with Crippen molar-refractivity contribution in [1.82, 2.24) is 0 Å². The Morgan fingerprint density at radius 2 is 1.90 bits per heavy atom. The molecule has 0 aliphatic heterocycles. The molecule has 0 spiro atoms. The van der Waals surface area contributed by atoms with Crippen LogP contribution in [0.1, 0.15) is 26.2 Å². The zero-order valence-electron chi connectivity index (χ0n) is 11.4. The number of hydrogen-bond acceptors (Lipinski definition) is 3. The first-order valence-electron chi connectivity index (χ1n) is 6.77. The molecule has 0 heterocycles. The van der Waals surface area contributed by atoms with Crippen LogP contribution in [0.3, 0.4) is 0 Å². The Balaban J connectivity index is 1.98. The van der Waals surface area contributed by atoms with Gasteiger partial charge in [0.25, 0.3) is 0 Å². The van der Waals surface area contributed by atoms with E-state index in [1.165, 1.54) is 43.5 Å². The maximum Gasteiger partial charge on any atom is 0.341 e. The Kier molecular flexibility index (Phi) is 4.62. The number of hydrogen-bond donors (Lipinski definition) is 1. The van der Waals surface area contributed by atoms with Crippen LogP contribution in [0.2, 0.25) is 0 Å². The lowest BCUT2D eigenvalue weighted by molar-refractivity contribution is 0.234. The summed E-state index contributed by atoms with van der Waals surface area (Å²) in [4.78, 5) is -0.340. The number of sulfone groups is 1. The average molecular weight is 303 g/mol. The molecule has 2 rings (SSSR count). The van der Waals surface area contributed by atoms with Gasteiger partial charge < -0.3 is 5.32 Å². The van der Waals surface area contributed by atoms with Gasteiger partial charge in [0.05, 0.1) is 4.90 Å². The molecular formula is C14H19F2NO2S. The van der Waals surface area contributed by atoms with E-state index in [0.717, 1.165) is 12.2 Å². The molecule has 1 fully saturated rings. The summed E-state index contributed by atoms with van der Waals surface area (Å²) < 4.78 is 47.3. The Bertz CT molecular complexity index is 543. The van der Waals surface area contributed by atoms with Gasteiger partial charge in [-0.3, -0.25) is 0 Å². The fourth-order valence-corrected chi connectivity index (χ4v) is 3.36. The number of benzene rings is 1. The second-order valence-electron chi connectivity index (χ2n) is 5.38. The third kappa shape index (κ3) is 3.29. The number of anilines is 1. The van der Waals surface area contributed by atoms with Crippen molar-refractivity contribution in [2.24, 2.45) is 11.8 Å². The molecule has 1 saturated carbocycles. The average Bonchev–Trinajstić information content (AvgIpc) is 2.82. The van der Waals surface area contributed by atoms with Crippen molar-refractivity contribution in [3.8, 4) is 0 Å². The van der Waals surface area contributed by atoms with E-state index >= 15 is 0 Å². The monoisotopic (exact) mass is 303 g/mol. The van der Waals surface area contributed by atoms with Crippen molar-refractivity contribution in [1.29, 1.82) is 0 Å². The van der Waals surface area contributed by atoms with Crippen LogP contribution in [0, 0.1) is 11.8 Å². The predicted molar refractivity (Wildman–Crippen MR) is 74.6 cm³/mol. The number of halogens is 2. The highest BCUT2D eigenvalue weighted by Gasteiger charge is 2.26. The Hall–Kier alpha value is -1.17. The second kappa shape index (κ2) is 6.08. The first-order valence-corrected chi connectivity index (χ1v) is 8.32. The molecule has 1 N–H and O–H groups in total. The lowest BCUT2D eigenvalue weighted by Gasteiger charge is -2.16. The molecule has 0 amide bonds. The standard InChI is InChI=1S/C14H19F2NO2S/c1-10-3-2-4-11(10)9-17-12-5-7-13(8-6-12)20(18,19)14(15)16/h5-8,10-11,14,17H,2-4,9H2,1H3. The van der Waals surface area contributed by atoms with Crippen LogP contribution in [-0.2, 0) is 9.84 Å². The van der Waals surface area contributed by atoms with Crippen LogP contribution < -0.4 is 5.32 Å². The first-order chi connectivity index (χ1) is 9.41. The molecule has 1 aromatic carbocycles. The van der Waals surface area contributed by atoms with Gasteiger partial charge in [0.15, 0.2) is 0 Å². The summed E-state index contributed by atoms with van der Waals surface area (Å²) in [5, 5.41) is 3.24. The smallest absolute Gasteiger partial charge is 0.341 e. The second-order valence-corrected chi connectivity index (χ2v) is 7.30. The van der Waals surface area contributed by atoms with E-state index < -0.39 is 15.6 Å². The molecule has 112 valence electrons. The van der Waals surface area contributed by atoms with Gasteiger partial charge in [-0.25, -0.2) is 8.42 Å². The van der Waals surface area contributed by atoms with Crippen molar-refractivity contribution >= 4 is 15.5 Å². The summed E-state index contributed by atoms with van der Waals surface area (Å²) >= 11 is 0. The van der Waals surface area contributed by atoms with Crippen LogP contribution in [-0.4, -0.2) is 20.7 Å². The lowest BCUT2D eigenvalue weighted by atomic mass is 9.98. The van der Waals surface area contributed by atoms with E-state index in [0.29, 0.717) is 11.8 Å². The van der Waals surface area contributed by atoms with E-state index in [2.05, 4.69) is 12.2 Å². The maximum atomic E-state index is 12.4.